The summed E-state index contributed by atoms with van der Waals surface area (Å²) in [4.78, 5) is 38.5. The molecule has 3 aromatic rings. The zero-order valence-corrected chi connectivity index (χ0v) is 18.4. The van der Waals surface area contributed by atoms with E-state index in [1.54, 1.807) is 4.90 Å². The fourth-order valence-electron chi connectivity index (χ4n) is 5.55. The van der Waals surface area contributed by atoms with Gasteiger partial charge in [0.05, 0.1) is 11.9 Å². The fraction of sp³-hybridized carbons (Fsp3) is 0.308. The van der Waals surface area contributed by atoms with Crippen molar-refractivity contribution in [2.45, 2.75) is 44.7 Å². The topological polar surface area (TPSA) is 84.3 Å². The molecular formula is C26H24N4O3. The second-order valence-corrected chi connectivity index (χ2v) is 9.10. The Hall–Kier alpha value is -3.74. The molecule has 1 unspecified atom stereocenters. The van der Waals surface area contributed by atoms with Crippen LogP contribution in [0, 0.1) is 0 Å². The Morgan fingerprint density at radius 2 is 1.85 bits per heavy atom. The number of aromatic nitrogens is 2. The molecule has 3 heterocycles. The molecule has 3 amide bonds. The molecule has 1 aromatic heterocycles. The minimum Gasteiger partial charge on any atom is -0.322 e. The molecule has 0 saturated carbocycles. The summed E-state index contributed by atoms with van der Waals surface area (Å²) in [5.74, 6) is -0.822. The highest BCUT2D eigenvalue weighted by atomic mass is 16.2. The third-order valence-corrected chi connectivity index (χ3v) is 7.17. The number of amides is 3. The highest BCUT2D eigenvalue weighted by molar-refractivity contribution is 6.05. The van der Waals surface area contributed by atoms with Gasteiger partial charge in [0.1, 0.15) is 6.04 Å². The number of hydrogen-bond acceptors (Lipinski definition) is 4. The minimum absolute atomic E-state index is 0.154. The summed E-state index contributed by atoms with van der Waals surface area (Å²) in [6.07, 6.45) is 5.88. The predicted octanol–water partition coefficient (Wildman–Crippen LogP) is 3.00. The molecule has 6 rings (SSSR count). The van der Waals surface area contributed by atoms with Gasteiger partial charge in [-0.15, -0.1) is 0 Å². The van der Waals surface area contributed by atoms with E-state index in [-0.39, 0.29) is 24.1 Å². The number of benzene rings is 2. The van der Waals surface area contributed by atoms with Crippen LogP contribution in [-0.4, -0.2) is 38.4 Å². The van der Waals surface area contributed by atoms with Gasteiger partial charge in [-0.25, -0.2) is 0 Å². The number of fused-ring (bicyclic) bond motifs is 2. The molecule has 33 heavy (non-hydrogen) atoms. The summed E-state index contributed by atoms with van der Waals surface area (Å²) >= 11 is 0. The number of hydrogen-bond donors (Lipinski definition) is 1. The molecule has 7 heteroatoms. The minimum atomic E-state index is -0.605. The van der Waals surface area contributed by atoms with Crippen molar-refractivity contribution in [2.24, 2.45) is 7.05 Å². The summed E-state index contributed by atoms with van der Waals surface area (Å²) in [5, 5.41) is 6.92. The van der Waals surface area contributed by atoms with Gasteiger partial charge in [-0.3, -0.25) is 24.4 Å². The first kappa shape index (κ1) is 19.9. The van der Waals surface area contributed by atoms with Gasteiger partial charge in [0.15, 0.2) is 0 Å². The molecule has 1 aliphatic carbocycles. The van der Waals surface area contributed by atoms with Crippen LogP contribution in [0.15, 0.2) is 42.6 Å². The molecule has 1 atom stereocenters. The first-order valence-corrected chi connectivity index (χ1v) is 11.4. The van der Waals surface area contributed by atoms with Crippen LogP contribution in [-0.2, 0) is 36.0 Å². The van der Waals surface area contributed by atoms with E-state index in [0.29, 0.717) is 18.5 Å². The van der Waals surface area contributed by atoms with Gasteiger partial charge in [0.2, 0.25) is 11.8 Å². The molecule has 1 fully saturated rings. The van der Waals surface area contributed by atoms with E-state index in [1.807, 2.05) is 36.1 Å². The average Bonchev–Trinajstić information content (AvgIpc) is 3.51. The lowest BCUT2D eigenvalue weighted by Crippen LogP contribution is -2.52. The van der Waals surface area contributed by atoms with Crippen LogP contribution >= 0.6 is 0 Å². The SMILES string of the molecule is Cn1ncc(-c2ccc3c(c2)CN(C2CCC(=O)NC2=O)C3=O)c1-c1cccc2c1CCC2. The summed E-state index contributed by atoms with van der Waals surface area (Å²) in [7, 11) is 1.97. The second kappa shape index (κ2) is 7.40. The normalized spacial score (nSPS) is 19.6. The second-order valence-electron chi connectivity index (χ2n) is 9.10. The summed E-state index contributed by atoms with van der Waals surface area (Å²) < 4.78 is 1.93. The zero-order valence-electron chi connectivity index (χ0n) is 18.4. The number of nitrogens with zero attached hydrogens (tertiary/aromatic N) is 3. The molecule has 3 aliphatic rings. The lowest BCUT2D eigenvalue weighted by molar-refractivity contribution is -0.136. The van der Waals surface area contributed by atoms with Crippen molar-refractivity contribution in [2.75, 3.05) is 0 Å². The molecule has 2 aromatic carbocycles. The highest BCUT2D eigenvalue weighted by Gasteiger charge is 2.39. The largest absolute Gasteiger partial charge is 0.322 e. The molecule has 0 spiro atoms. The van der Waals surface area contributed by atoms with Gasteiger partial charge in [-0.2, -0.15) is 5.10 Å². The van der Waals surface area contributed by atoms with Crippen molar-refractivity contribution < 1.29 is 14.4 Å². The zero-order chi connectivity index (χ0) is 22.7. The van der Waals surface area contributed by atoms with E-state index in [9.17, 15) is 14.4 Å². The van der Waals surface area contributed by atoms with Crippen molar-refractivity contribution in [1.82, 2.24) is 20.0 Å². The number of imide groups is 1. The molecule has 1 saturated heterocycles. The number of rotatable bonds is 3. The van der Waals surface area contributed by atoms with Crippen molar-refractivity contribution >= 4 is 17.7 Å². The van der Waals surface area contributed by atoms with Crippen LogP contribution in [0.1, 0.15) is 46.3 Å². The predicted molar refractivity (Wildman–Crippen MR) is 122 cm³/mol. The van der Waals surface area contributed by atoms with Crippen LogP contribution < -0.4 is 5.32 Å². The number of carbonyl (C=O) groups excluding carboxylic acids is 3. The molecule has 2 aliphatic heterocycles. The summed E-state index contributed by atoms with van der Waals surface area (Å²) in [6, 6.07) is 11.8. The number of nitrogens with one attached hydrogen (secondary N) is 1. The lowest BCUT2D eigenvalue weighted by atomic mass is 9.94. The lowest BCUT2D eigenvalue weighted by Gasteiger charge is -2.29. The van der Waals surface area contributed by atoms with E-state index >= 15 is 0 Å². The summed E-state index contributed by atoms with van der Waals surface area (Å²) in [5.41, 5.74) is 8.69. The van der Waals surface area contributed by atoms with Crippen molar-refractivity contribution in [3.63, 3.8) is 0 Å². The molecule has 0 radical (unpaired) electrons. The van der Waals surface area contributed by atoms with Crippen molar-refractivity contribution in [1.29, 1.82) is 0 Å². The highest BCUT2D eigenvalue weighted by Crippen LogP contribution is 2.39. The van der Waals surface area contributed by atoms with E-state index in [0.717, 1.165) is 35.2 Å². The average molecular weight is 441 g/mol. The van der Waals surface area contributed by atoms with Gasteiger partial charge in [-0.1, -0.05) is 24.3 Å². The van der Waals surface area contributed by atoms with E-state index in [2.05, 4.69) is 28.6 Å². The molecule has 7 nitrogen and oxygen atoms in total. The maximum atomic E-state index is 13.0. The van der Waals surface area contributed by atoms with Crippen molar-refractivity contribution in [3.05, 3.63) is 64.8 Å². The van der Waals surface area contributed by atoms with E-state index < -0.39 is 6.04 Å². The quantitative estimate of drug-likeness (QED) is 0.635. The molecule has 0 bridgehead atoms. The fourth-order valence-corrected chi connectivity index (χ4v) is 5.55. The van der Waals surface area contributed by atoms with Crippen molar-refractivity contribution in [3.8, 4) is 22.4 Å². The van der Waals surface area contributed by atoms with Gasteiger partial charge in [0, 0.05) is 36.7 Å². The summed E-state index contributed by atoms with van der Waals surface area (Å²) in [6.45, 7) is 0.366. The number of aryl methyl sites for hydroxylation is 2. The third-order valence-electron chi connectivity index (χ3n) is 7.17. The Bertz CT molecular complexity index is 1340. The van der Waals surface area contributed by atoms with Gasteiger partial charge in [-0.05, 0) is 60.1 Å². The molecular weight excluding hydrogens is 416 g/mol. The van der Waals surface area contributed by atoms with Crippen LogP contribution in [0.5, 0.6) is 0 Å². The third kappa shape index (κ3) is 3.10. The Balaban J connectivity index is 1.37. The maximum Gasteiger partial charge on any atom is 0.255 e. The molecule has 166 valence electrons. The Labute approximate surface area is 191 Å². The number of carbonyl (C=O) groups is 3. The van der Waals surface area contributed by atoms with Gasteiger partial charge in [0.25, 0.3) is 5.91 Å². The van der Waals surface area contributed by atoms with E-state index in [4.69, 9.17) is 0 Å². The standard InChI is InChI=1S/C26H24N4O3/c1-29-24(20-7-3-5-15-4-2-6-18(15)20)21(13-27-29)16-8-9-19-17(12-16)14-30(26(19)33)22-10-11-23(31)28-25(22)32/h3,5,7-9,12-13,22H,2,4,6,10-11,14H2,1H3,(H,28,31,32). The van der Waals surface area contributed by atoms with Crippen LogP contribution in [0.3, 0.4) is 0 Å². The number of piperidine rings is 1. The van der Waals surface area contributed by atoms with Crippen LogP contribution in [0.2, 0.25) is 0 Å². The maximum absolute atomic E-state index is 13.0. The van der Waals surface area contributed by atoms with E-state index in [1.165, 1.54) is 23.1 Å². The Morgan fingerprint density at radius 1 is 0.970 bits per heavy atom. The molecule has 1 N–H and O–H groups in total. The first-order valence-electron chi connectivity index (χ1n) is 11.4. The monoisotopic (exact) mass is 440 g/mol. The van der Waals surface area contributed by atoms with Crippen LogP contribution in [0.25, 0.3) is 22.4 Å². The first-order chi connectivity index (χ1) is 16.0. The Kier molecular flexibility index (Phi) is 4.47. The van der Waals surface area contributed by atoms with Crippen LogP contribution in [0.4, 0.5) is 0 Å². The van der Waals surface area contributed by atoms with Gasteiger partial charge < -0.3 is 4.90 Å². The van der Waals surface area contributed by atoms with Gasteiger partial charge >= 0.3 is 0 Å². The smallest absolute Gasteiger partial charge is 0.255 e. The Morgan fingerprint density at radius 3 is 2.70 bits per heavy atom.